The first-order valence-electron chi connectivity index (χ1n) is 10.8. The van der Waals surface area contributed by atoms with Crippen LogP contribution in [0.25, 0.3) is 0 Å². The van der Waals surface area contributed by atoms with Crippen LogP contribution < -0.4 is 19.5 Å². The van der Waals surface area contributed by atoms with Crippen molar-refractivity contribution >= 4 is 15.7 Å². The number of hydrogen-bond acceptors (Lipinski definition) is 7. The summed E-state index contributed by atoms with van der Waals surface area (Å²) < 4.78 is 38.0. The number of aliphatic hydroxyl groups is 1. The van der Waals surface area contributed by atoms with E-state index in [0.717, 1.165) is 5.56 Å². The van der Waals surface area contributed by atoms with E-state index in [9.17, 15) is 18.6 Å². The summed E-state index contributed by atoms with van der Waals surface area (Å²) in [5, 5.41) is 23.9. The molecule has 0 saturated heterocycles. The SMILES string of the molecule is COc1ccc(CCNCC(O)c2ccc(O)c(NS(=O)(=O)Cc3ccccc3)c2)cc1OC. The number of rotatable bonds is 12. The van der Waals surface area contributed by atoms with Crippen LogP contribution in [0.15, 0.2) is 66.7 Å². The zero-order valence-corrected chi connectivity index (χ0v) is 20.0. The molecule has 4 N–H and O–H groups in total. The fourth-order valence-electron chi connectivity index (χ4n) is 3.47. The molecule has 0 aliphatic carbocycles. The Morgan fingerprint density at radius 1 is 0.912 bits per heavy atom. The van der Waals surface area contributed by atoms with Crippen LogP contribution in [0, 0.1) is 0 Å². The molecule has 182 valence electrons. The zero-order valence-electron chi connectivity index (χ0n) is 19.2. The predicted octanol–water partition coefficient (Wildman–Crippen LogP) is 3.22. The normalized spacial score (nSPS) is 12.2. The highest BCUT2D eigenvalue weighted by molar-refractivity contribution is 7.91. The van der Waals surface area contributed by atoms with Crippen LogP contribution in [0.5, 0.6) is 17.2 Å². The molecule has 0 spiro atoms. The van der Waals surface area contributed by atoms with Gasteiger partial charge in [-0.3, -0.25) is 4.72 Å². The lowest BCUT2D eigenvalue weighted by Crippen LogP contribution is -2.24. The highest BCUT2D eigenvalue weighted by Crippen LogP contribution is 2.29. The number of benzene rings is 3. The van der Waals surface area contributed by atoms with E-state index in [4.69, 9.17) is 9.47 Å². The van der Waals surface area contributed by atoms with Gasteiger partial charge in [-0.25, -0.2) is 8.42 Å². The van der Waals surface area contributed by atoms with Crippen molar-refractivity contribution in [2.45, 2.75) is 18.3 Å². The number of nitrogens with one attached hydrogen (secondary N) is 2. The van der Waals surface area contributed by atoms with E-state index >= 15 is 0 Å². The Morgan fingerprint density at radius 3 is 2.35 bits per heavy atom. The van der Waals surface area contributed by atoms with Crippen molar-refractivity contribution in [3.05, 3.63) is 83.4 Å². The van der Waals surface area contributed by atoms with Crippen LogP contribution in [-0.2, 0) is 22.2 Å². The molecule has 3 rings (SSSR count). The second kappa shape index (κ2) is 11.7. The second-order valence-corrected chi connectivity index (χ2v) is 9.50. The van der Waals surface area contributed by atoms with Crippen molar-refractivity contribution in [2.75, 3.05) is 32.0 Å². The first-order valence-corrected chi connectivity index (χ1v) is 12.4. The number of aromatic hydroxyl groups is 1. The van der Waals surface area contributed by atoms with Crippen LogP contribution in [0.4, 0.5) is 5.69 Å². The lowest BCUT2D eigenvalue weighted by molar-refractivity contribution is 0.175. The maximum absolute atomic E-state index is 12.5. The molecule has 1 unspecified atom stereocenters. The smallest absolute Gasteiger partial charge is 0.237 e. The number of phenolic OH excluding ortho intramolecular Hbond substituents is 1. The molecule has 0 heterocycles. The van der Waals surface area contributed by atoms with Crippen molar-refractivity contribution in [3.63, 3.8) is 0 Å². The van der Waals surface area contributed by atoms with Crippen LogP contribution in [-0.4, -0.2) is 45.9 Å². The average Bonchev–Trinajstić information content (AvgIpc) is 2.83. The predicted molar refractivity (Wildman–Crippen MR) is 132 cm³/mol. The van der Waals surface area contributed by atoms with Gasteiger partial charge >= 0.3 is 0 Å². The van der Waals surface area contributed by atoms with Crippen molar-refractivity contribution in [2.24, 2.45) is 0 Å². The molecule has 0 aromatic heterocycles. The molecule has 0 radical (unpaired) electrons. The molecule has 3 aromatic carbocycles. The van der Waals surface area contributed by atoms with Gasteiger partial charge in [-0.05, 0) is 53.9 Å². The Morgan fingerprint density at radius 2 is 1.65 bits per heavy atom. The third-order valence-electron chi connectivity index (χ3n) is 5.25. The van der Waals surface area contributed by atoms with Gasteiger partial charge in [-0.15, -0.1) is 0 Å². The molecule has 9 heteroatoms. The highest BCUT2D eigenvalue weighted by atomic mass is 32.2. The number of ether oxygens (including phenoxy) is 2. The van der Waals surface area contributed by atoms with Gasteiger partial charge in [0.1, 0.15) is 5.75 Å². The molecule has 8 nitrogen and oxygen atoms in total. The molecule has 1 atom stereocenters. The molecular weight excluding hydrogens is 456 g/mol. The van der Waals surface area contributed by atoms with Gasteiger partial charge in [-0.1, -0.05) is 42.5 Å². The topological polar surface area (TPSA) is 117 Å². The van der Waals surface area contributed by atoms with Crippen LogP contribution >= 0.6 is 0 Å². The molecule has 0 amide bonds. The van der Waals surface area contributed by atoms with Gasteiger partial charge in [0.15, 0.2) is 11.5 Å². The minimum Gasteiger partial charge on any atom is -0.506 e. The third kappa shape index (κ3) is 7.11. The summed E-state index contributed by atoms with van der Waals surface area (Å²) >= 11 is 0. The molecular formula is C25H30N2O6S. The number of aliphatic hydroxyl groups excluding tert-OH is 1. The van der Waals surface area contributed by atoms with E-state index in [-0.39, 0.29) is 23.7 Å². The second-order valence-electron chi connectivity index (χ2n) is 7.78. The number of hydrogen-bond donors (Lipinski definition) is 4. The first-order chi connectivity index (χ1) is 16.3. The van der Waals surface area contributed by atoms with E-state index in [2.05, 4.69) is 10.0 Å². The average molecular weight is 487 g/mol. The molecule has 3 aromatic rings. The third-order valence-corrected chi connectivity index (χ3v) is 6.49. The van der Waals surface area contributed by atoms with Gasteiger partial charge in [-0.2, -0.15) is 0 Å². The Hall–Kier alpha value is -3.27. The summed E-state index contributed by atoms with van der Waals surface area (Å²) in [6, 6.07) is 18.8. The van der Waals surface area contributed by atoms with Gasteiger partial charge in [0.05, 0.1) is 31.8 Å². The minimum atomic E-state index is -3.74. The Labute approximate surface area is 200 Å². The van der Waals surface area contributed by atoms with Crippen molar-refractivity contribution < 1.29 is 28.1 Å². The van der Waals surface area contributed by atoms with E-state index < -0.39 is 16.1 Å². The lowest BCUT2D eigenvalue weighted by atomic mass is 10.1. The number of sulfonamides is 1. The minimum absolute atomic E-state index is 0.0257. The van der Waals surface area contributed by atoms with E-state index in [1.165, 1.54) is 12.1 Å². The van der Waals surface area contributed by atoms with E-state index in [0.29, 0.717) is 35.6 Å². The highest BCUT2D eigenvalue weighted by Gasteiger charge is 2.16. The van der Waals surface area contributed by atoms with Crippen molar-refractivity contribution in [3.8, 4) is 17.2 Å². The monoisotopic (exact) mass is 486 g/mol. The summed E-state index contributed by atoms with van der Waals surface area (Å²) in [6.07, 6.45) is -0.170. The molecule has 0 bridgehead atoms. The summed E-state index contributed by atoms with van der Waals surface area (Å²) in [7, 11) is -0.568. The number of anilines is 1. The van der Waals surface area contributed by atoms with Gasteiger partial charge in [0.2, 0.25) is 10.0 Å². The Balaban J connectivity index is 1.56. The summed E-state index contributed by atoms with van der Waals surface area (Å²) in [5.74, 6) is 0.884. The number of methoxy groups -OCH3 is 2. The zero-order chi connectivity index (χ0) is 24.6. The van der Waals surface area contributed by atoms with Gasteiger partial charge < -0.3 is 25.0 Å². The van der Waals surface area contributed by atoms with Crippen molar-refractivity contribution in [1.82, 2.24) is 5.32 Å². The largest absolute Gasteiger partial charge is 0.506 e. The summed E-state index contributed by atoms with van der Waals surface area (Å²) in [6.45, 7) is 0.870. The van der Waals surface area contributed by atoms with Gasteiger partial charge in [0, 0.05) is 6.54 Å². The Bertz CT molecular complexity index is 1190. The summed E-state index contributed by atoms with van der Waals surface area (Å²) in [4.78, 5) is 0. The standard InChI is InChI=1S/C25H30N2O6S/c1-32-24-11-8-18(14-25(24)33-2)12-13-26-16-23(29)20-9-10-22(28)21(15-20)27-34(30,31)17-19-6-4-3-5-7-19/h3-11,14-15,23,26-29H,12-13,16-17H2,1-2H3. The first kappa shape index (κ1) is 25.4. The Kier molecular flexibility index (Phi) is 8.75. The van der Waals surface area contributed by atoms with Gasteiger partial charge in [0.25, 0.3) is 0 Å². The molecule has 0 saturated carbocycles. The molecule has 34 heavy (non-hydrogen) atoms. The lowest BCUT2D eigenvalue weighted by Gasteiger charge is -2.16. The maximum atomic E-state index is 12.5. The molecule has 0 fully saturated rings. The van der Waals surface area contributed by atoms with Crippen molar-refractivity contribution in [1.29, 1.82) is 0 Å². The maximum Gasteiger partial charge on any atom is 0.237 e. The fraction of sp³-hybridized carbons (Fsp3) is 0.280. The van der Waals surface area contributed by atoms with Crippen LogP contribution in [0.1, 0.15) is 22.8 Å². The number of phenols is 1. The quantitative estimate of drug-likeness (QED) is 0.229. The fourth-order valence-corrected chi connectivity index (χ4v) is 4.67. The van der Waals surface area contributed by atoms with E-state index in [1.807, 2.05) is 24.3 Å². The van der Waals surface area contributed by atoms with E-state index in [1.54, 1.807) is 44.6 Å². The summed E-state index contributed by atoms with van der Waals surface area (Å²) in [5.41, 5.74) is 2.19. The van der Waals surface area contributed by atoms with Crippen LogP contribution in [0.2, 0.25) is 0 Å². The molecule has 0 aliphatic rings. The molecule has 0 aliphatic heterocycles. The van der Waals surface area contributed by atoms with Crippen LogP contribution in [0.3, 0.4) is 0 Å².